The fraction of sp³-hybridized carbons (Fsp3) is 0.250. The average Bonchev–Trinajstić information content (AvgIpc) is 2.37. The molecule has 0 aliphatic rings. The van der Waals surface area contributed by atoms with E-state index in [1.165, 1.54) is 0 Å². The molecular formula is C12H17N5S. The summed E-state index contributed by atoms with van der Waals surface area (Å²) in [6.45, 7) is 4.71. The number of thiocarbonyl (C=S) groups is 1. The zero-order valence-corrected chi connectivity index (χ0v) is 10.9. The molecule has 1 aromatic rings. The first-order valence-electron chi connectivity index (χ1n) is 5.54. The Balaban J connectivity index is 2.55. The van der Waals surface area contributed by atoms with Gasteiger partial charge in [-0.1, -0.05) is 6.08 Å². The highest BCUT2D eigenvalue weighted by Gasteiger charge is 2.11. The number of guanidine groups is 1. The second-order valence-corrected chi connectivity index (χ2v) is 4.00. The van der Waals surface area contributed by atoms with Crippen LogP contribution in [0, 0.1) is 5.41 Å². The second kappa shape index (κ2) is 7.39. The van der Waals surface area contributed by atoms with Gasteiger partial charge < -0.3 is 11.1 Å². The molecule has 0 saturated heterocycles. The molecule has 0 aliphatic carbocycles. The number of pyridine rings is 1. The summed E-state index contributed by atoms with van der Waals surface area (Å²) in [4.78, 5) is 5.51. The topological polar surface area (TPSA) is 78.0 Å². The minimum Gasteiger partial charge on any atom is -0.370 e. The largest absolute Gasteiger partial charge is 0.370 e. The van der Waals surface area contributed by atoms with Crippen molar-refractivity contribution >= 4 is 23.3 Å². The molecule has 4 N–H and O–H groups in total. The van der Waals surface area contributed by atoms with Crippen LogP contribution in [0.1, 0.15) is 5.56 Å². The van der Waals surface area contributed by atoms with Crippen molar-refractivity contribution in [2.24, 2.45) is 5.73 Å². The van der Waals surface area contributed by atoms with E-state index in [9.17, 15) is 0 Å². The number of nitrogens with two attached hydrogens (primary N) is 1. The number of nitrogens with one attached hydrogen (secondary N) is 2. The molecular weight excluding hydrogens is 246 g/mol. The predicted octanol–water partition coefficient (Wildman–Crippen LogP) is 0.880. The van der Waals surface area contributed by atoms with Crippen LogP contribution in [0.15, 0.2) is 37.2 Å². The lowest BCUT2D eigenvalue weighted by Crippen LogP contribution is -2.47. The van der Waals surface area contributed by atoms with Gasteiger partial charge in [0.05, 0.1) is 0 Å². The molecule has 0 fully saturated rings. The van der Waals surface area contributed by atoms with Crippen molar-refractivity contribution in [3.8, 4) is 0 Å². The molecule has 0 radical (unpaired) electrons. The molecule has 0 amide bonds. The molecule has 6 heteroatoms. The van der Waals surface area contributed by atoms with E-state index in [1.807, 2.05) is 12.1 Å². The van der Waals surface area contributed by atoms with Crippen LogP contribution in [-0.4, -0.2) is 34.0 Å². The van der Waals surface area contributed by atoms with E-state index >= 15 is 0 Å². The lowest BCUT2D eigenvalue weighted by atomic mass is 10.2. The van der Waals surface area contributed by atoms with Crippen molar-refractivity contribution in [2.75, 3.05) is 13.1 Å². The fourth-order valence-electron chi connectivity index (χ4n) is 1.38. The average molecular weight is 263 g/mol. The van der Waals surface area contributed by atoms with Gasteiger partial charge in [0.1, 0.15) is 0 Å². The highest BCUT2D eigenvalue weighted by molar-refractivity contribution is 7.80. The van der Waals surface area contributed by atoms with Crippen LogP contribution in [0.5, 0.6) is 0 Å². The van der Waals surface area contributed by atoms with E-state index in [0.717, 1.165) is 12.0 Å². The van der Waals surface area contributed by atoms with Gasteiger partial charge in [0.25, 0.3) is 0 Å². The van der Waals surface area contributed by atoms with E-state index < -0.39 is 0 Å². The fourth-order valence-corrected chi connectivity index (χ4v) is 1.65. The summed E-state index contributed by atoms with van der Waals surface area (Å²) in [7, 11) is 0. The van der Waals surface area contributed by atoms with E-state index in [-0.39, 0.29) is 5.96 Å². The maximum Gasteiger partial charge on any atom is 0.194 e. The van der Waals surface area contributed by atoms with Crippen molar-refractivity contribution in [3.63, 3.8) is 0 Å². The van der Waals surface area contributed by atoms with E-state index in [1.54, 1.807) is 23.4 Å². The first kappa shape index (κ1) is 14.1. The minimum absolute atomic E-state index is 0.0642. The Bertz CT molecular complexity index is 418. The Hall–Kier alpha value is -1.95. The highest BCUT2D eigenvalue weighted by Crippen LogP contribution is 2.00. The number of nitrogens with zero attached hydrogens (tertiary/aromatic N) is 2. The van der Waals surface area contributed by atoms with E-state index in [0.29, 0.717) is 18.2 Å². The SMILES string of the molecule is C=CCNC(=S)N(CCc1ccncc1)C(=N)N. The molecule has 18 heavy (non-hydrogen) atoms. The van der Waals surface area contributed by atoms with Crippen LogP contribution < -0.4 is 11.1 Å². The van der Waals surface area contributed by atoms with Crippen LogP contribution in [0.4, 0.5) is 0 Å². The Labute approximate surface area is 112 Å². The maximum absolute atomic E-state index is 7.52. The lowest BCUT2D eigenvalue weighted by Gasteiger charge is -2.23. The van der Waals surface area contributed by atoms with Gasteiger partial charge in [-0.15, -0.1) is 6.58 Å². The smallest absolute Gasteiger partial charge is 0.194 e. The number of hydrogen-bond donors (Lipinski definition) is 3. The highest BCUT2D eigenvalue weighted by atomic mass is 32.1. The molecule has 1 aromatic heterocycles. The normalized spacial score (nSPS) is 9.56. The van der Waals surface area contributed by atoms with Crippen LogP contribution in [-0.2, 0) is 6.42 Å². The monoisotopic (exact) mass is 263 g/mol. The molecule has 1 heterocycles. The van der Waals surface area contributed by atoms with Gasteiger partial charge in [-0.3, -0.25) is 15.3 Å². The summed E-state index contributed by atoms with van der Waals surface area (Å²) < 4.78 is 0. The quantitative estimate of drug-likeness (QED) is 0.318. The van der Waals surface area contributed by atoms with Gasteiger partial charge in [-0.2, -0.15) is 0 Å². The Morgan fingerprint density at radius 1 is 1.56 bits per heavy atom. The molecule has 96 valence electrons. The standard InChI is InChI=1S/C12H17N5S/c1-2-6-16-12(18)17(11(13)14)9-5-10-3-7-15-8-4-10/h2-4,7-8H,1,5-6,9H2,(H3,13,14)(H,16,18). The van der Waals surface area contributed by atoms with Gasteiger partial charge in [-0.05, 0) is 36.3 Å². The van der Waals surface area contributed by atoms with Crippen molar-refractivity contribution in [2.45, 2.75) is 6.42 Å². The molecule has 0 saturated carbocycles. The van der Waals surface area contributed by atoms with Crippen molar-refractivity contribution in [3.05, 3.63) is 42.7 Å². The molecule has 5 nitrogen and oxygen atoms in total. The number of rotatable bonds is 5. The van der Waals surface area contributed by atoms with Crippen LogP contribution in [0.3, 0.4) is 0 Å². The molecule has 0 aromatic carbocycles. The van der Waals surface area contributed by atoms with Gasteiger partial charge in [-0.25, -0.2) is 0 Å². The summed E-state index contributed by atoms with van der Waals surface area (Å²) in [5.41, 5.74) is 6.64. The van der Waals surface area contributed by atoms with Crippen LogP contribution in [0.2, 0.25) is 0 Å². The number of hydrogen-bond acceptors (Lipinski definition) is 3. The molecule has 0 unspecified atom stereocenters. The summed E-state index contributed by atoms with van der Waals surface area (Å²) >= 11 is 5.17. The van der Waals surface area contributed by atoms with Crippen LogP contribution in [0.25, 0.3) is 0 Å². The third-order valence-corrected chi connectivity index (χ3v) is 2.67. The third-order valence-electron chi connectivity index (χ3n) is 2.31. The van der Waals surface area contributed by atoms with Gasteiger partial charge in [0.2, 0.25) is 0 Å². The minimum atomic E-state index is -0.0642. The summed E-state index contributed by atoms with van der Waals surface area (Å²) in [5, 5.41) is 10.9. The Morgan fingerprint density at radius 2 is 2.22 bits per heavy atom. The van der Waals surface area contributed by atoms with Gasteiger partial charge in [0.15, 0.2) is 11.1 Å². The zero-order chi connectivity index (χ0) is 13.4. The van der Waals surface area contributed by atoms with Crippen molar-refractivity contribution in [1.29, 1.82) is 5.41 Å². The molecule has 0 spiro atoms. The molecule has 0 aliphatic heterocycles. The first-order valence-corrected chi connectivity index (χ1v) is 5.95. The molecule has 1 rings (SSSR count). The maximum atomic E-state index is 7.52. The van der Waals surface area contributed by atoms with Gasteiger partial charge in [0, 0.05) is 25.5 Å². The summed E-state index contributed by atoms with van der Waals surface area (Å²) in [5.74, 6) is -0.0642. The Morgan fingerprint density at radius 3 is 2.78 bits per heavy atom. The first-order chi connectivity index (χ1) is 8.65. The van der Waals surface area contributed by atoms with E-state index in [2.05, 4.69) is 16.9 Å². The lowest BCUT2D eigenvalue weighted by molar-refractivity contribution is 0.583. The van der Waals surface area contributed by atoms with Crippen molar-refractivity contribution < 1.29 is 0 Å². The third kappa shape index (κ3) is 4.50. The Kier molecular flexibility index (Phi) is 5.79. The molecule has 0 bridgehead atoms. The van der Waals surface area contributed by atoms with E-state index in [4.69, 9.17) is 23.4 Å². The zero-order valence-electron chi connectivity index (χ0n) is 10.1. The number of aromatic nitrogens is 1. The molecule has 0 atom stereocenters. The predicted molar refractivity (Wildman–Crippen MR) is 77.4 cm³/mol. The summed E-state index contributed by atoms with van der Waals surface area (Å²) in [6, 6.07) is 3.86. The van der Waals surface area contributed by atoms with Gasteiger partial charge >= 0.3 is 0 Å². The van der Waals surface area contributed by atoms with Crippen molar-refractivity contribution in [1.82, 2.24) is 15.2 Å². The van der Waals surface area contributed by atoms with Crippen LogP contribution >= 0.6 is 12.2 Å². The summed E-state index contributed by atoms with van der Waals surface area (Å²) in [6.07, 6.45) is 5.93. The second-order valence-electron chi connectivity index (χ2n) is 3.62.